The Bertz CT molecular complexity index is 741. The van der Waals surface area contributed by atoms with Gasteiger partial charge in [0.05, 0.1) is 17.6 Å². The number of aromatic nitrogens is 4. The molecule has 7 heteroatoms. The maximum absolute atomic E-state index is 13.3. The van der Waals surface area contributed by atoms with Crippen molar-refractivity contribution in [3.63, 3.8) is 0 Å². The highest BCUT2D eigenvalue weighted by Crippen LogP contribution is 2.21. The molecule has 2 heterocycles. The molecule has 2 N–H and O–H groups in total. The van der Waals surface area contributed by atoms with Crippen molar-refractivity contribution in [3.05, 3.63) is 30.3 Å². The molecule has 1 unspecified atom stereocenters. The first kappa shape index (κ1) is 11.8. The van der Waals surface area contributed by atoms with E-state index in [0.717, 1.165) is 0 Å². The summed E-state index contributed by atoms with van der Waals surface area (Å²) in [6, 6.07) is 4.17. The van der Waals surface area contributed by atoms with Crippen LogP contribution in [-0.4, -0.2) is 37.3 Å². The lowest BCUT2D eigenvalue weighted by Crippen LogP contribution is -2.20. The van der Waals surface area contributed by atoms with E-state index in [-0.39, 0.29) is 18.5 Å². The number of fused-ring (bicyclic) bond motifs is 3. The number of nitrogens with one attached hydrogen (secondary N) is 1. The van der Waals surface area contributed by atoms with Crippen LogP contribution in [0.2, 0.25) is 0 Å². The van der Waals surface area contributed by atoms with E-state index in [1.807, 2.05) is 6.92 Å². The van der Waals surface area contributed by atoms with E-state index in [4.69, 9.17) is 5.11 Å². The normalized spacial score (nSPS) is 13.0. The minimum Gasteiger partial charge on any atom is -0.394 e. The molecule has 98 valence electrons. The van der Waals surface area contributed by atoms with Gasteiger partial charge in [-0.2, -0.15) is 0 Å². The molecule has 0 aliphatic heterocycles. The van der Waals surface area contributed by atoms with Gasteiger partial charge in [0.25, 0.3) is 0 Å². The molecule has 0 amide bonds. The molecule has 0 spiro atoms. The number of hydrogen-bond acceptors (Lipinski definition) is 5. The van der Waals surface area contributed by atoms with Crippen molar-refractivity contribution in [2.45, 2.75) is 13.0 Å². The summed E-state index contributed by atoms with van der Waals surface area (Å²) in [5.41, 5.74) is 1.72. The molecular formula is C12H12FN5O. The highest BCUT2D eigenvalue weighted by Gasteiger charge is 2.12. The lowest BCUT2D eigenvalue weighted by atomic mass is 10.3. The van der Waals surface area contributed by atoms with Gasteiger partial charge in [0.15, 0.2) is 5.82 Å². The number of benzene rings is 1. The first-order valence-electron chi connectivity index (χ1n) is 5.85. The minimum atomic E-state index is -0.339. The average molecular weight is 261 g/mol. The first-order valence-corrected chi connectivity index (χ1v) is 5.85. The van der Waals surface area contributed by atoms with Gasteiger partial charge in [0.2, 0.25) is 5.65 Å². The second kappa shape index (κ2) is 4.43. The average Bonchev–Trinajstić information content (AvgIpc) is 2.89. The monoisotopic (exact) mass is 261 g/mol. The number of rotatable bonds is 3. The molecule has 2 aromatic heterocycles. The van der Waals surface area contributed by atoms with Crippen LogP contribution in [0.15, 0.2) is 24.5 Å². The number of aliphatic hydroxyl groups excluding tert-OH is 1. The van der Waals surface area contributed by atoms with Gasteiger partial charge in [0, 0.05) is 12.1 Å². The fraction of sp³-hybridized carbons (Fsp3) is 0.250. The van der Waals surface area contributed by atoms with Crippen molar-refractivity contribution in [3.8, 4) is 0 Å². The summed E-state index contributed by atoms with van der Waals surface area (Å²) in [6.45, 7) is 1.80. The molecule has 1 aromatic carbocycles. The van der Waals surface area contributed by atoms with Crippen LogP contribution in [0.1, 0.15) is 6.92 Å². The van der Waals surface area contributed by atoms with Gasteiger partial charge in [-0.25, -0.2) is 9.37 Å². The van der Waals surface area contributed by atoms with Gasteiger partial charge < -0.3 is 10.4 Å². The van der Waals surface area contributed by atoms with E-state index in [2.05, 4.69) is 20.5 Å². The first-order chi connectivity index (χ1) is 9.19. The Morgan fingerprint density at radius 3 is 3.11 bits per heavy atom. The Labute approximate surface area is 107 Å². The molecule has 0 aliphatic carbocycles. The molecule has 0 bridgehead atoms. The van der Waals surface area contributed by atoms with Crippen molar-refractivity contribution < 1.29 is 9.50 Å². The van der Waals surface area contributed by atoms with Crippen LogP contribution in [0, 0.1) is 5.82 Å². The molecule has 0 aliphatic rings. The Hall–Kier alpha value is -2.28. The van der Waals surface area contributed by atoms with Crippen LogP contribution in [0.3, 0.4) is 0 Å². The topological polar surface area (TPSA) is 75.3 Å². The molecule has 1 atom stereocenters. The summed E-state index contributed by atoms with van der Waals surface area (Å²) in [5.74, 6) is 0.173. The molecule has 6 nitrogen and oxygen atoms in total. The lowest BCUT2D eigenvalue weighted by Gasteiger charge is -2.13. The fourth-order valence-corrected chi connectivity index (χ4v) is 1.90. The molecule has 0 saturated carbocycles. The zero-order valence-electron chi connectivity index (χ0n) is 10.2. The molecule has 3 aromatic rings. The Balaban J connectivity index is 2.26. The standard InChI is InChI=1S/C12H12FN5O/c1-7(5-19)15-11-12-17-14-6-18(12)10-4-8(13)2-3-9(10)16-11/h2-4,6-7,19H,5H2,1H3,(H,15,16). The van der Waals surface area contributed by atoms with Gasteiger partial charge in [-0.15, -0.1) is 10.2 Å². The second-order valence-corrected chi connectivity index (χ2v) is 4.35. The van der Waals surface area contributed by atoms with E-state index in [1.165, 1.54) is 18.5 Å². The van der Waals surface area contributed by atoms with Crippen molar-refractivity contribution in [1.29, 1.82) is 0 Å². The molecule has 19 heavy (non-hydrogen) atoms. The smallest absolute Gasteiger partial charge is 0.203 e. The number of nitrogens with zero attached hydrogens (tertiary/aromatic N) is 4. The highest BCUT2D eigenvalue weighted by atomic mass is 19.1. The van der Waals surface area contributed by atoms with Gasteiger partial charge in [-0.3, -0.25) is 4.40 Å². The Morgan fingerprint density at radius 2 is 2.32 bits per heavy atom. The Kier molecular flexibility index (Phi) is 2.75. The molecule has 0 saturated heterocycles. The van der Waals surface area contributed by atoms with E-state index < -0.39 is 0 Å². The fourth-order valence-electron chi connectivity index (χ4n) is 1.90. The van der Waals surface area contributed by atoms with Crippen molar-refractivity contribution in [1.82, 2.24) is 19.6 Å². The zero-order chi connectivity index (χ0) is 13.4. The maximum Gasteiger partial charge on any atom is 0.203 e. The predicted octanol–water partition coefficient (Wildman–Crippen LogP) is 1.21. The highest BCUT2D eigenvalue weighted by molar-refractivity contribution is 5.82. The van der Waals surface area contributed by atoms with E-state index in [9.17, 15) is 4.39 Å². The summed E-state index contributed by atoms with van der Waals surface area (Å²) in [4.78, 5) is 4.39. The largest absolute Gasteiger partial charge is 0.394 e. The van der Waals surface area contributed by atoms with Crippen LogP contribution >= 0.6 is 0 Å². The summed E-state index contributed by atoms with van der Waals surface area (Å²) in [6.07, 6.45) is 1.51. The quantitative estimate of drug-likeness (QED) is 0.741. The third kappa shape index (κ3) is 1.97. The van der Waals surface area contributed by atoms with E-state index in [1.54, 1.807) is 10.5 Å². The van der Waals surface area contributed by atoms with E-state index >= 15 is 0 Å². The van der Waals surface area contributed by atoms with Crippen molar-refractivity contribution >= 4 is 22.5 Å². The van der Waals surface area contributed by atoms with Crippen LogP contribution in [-0.2, 0) is 0 Å². The number of anilines is 1. The number of aliphatic hydroxyl groups is 1. The number of hydrogen-bond donors (Lipinski definition) is 2. The Morgan fingerprint density at radius 1 is 1.47 bits per heavy atom. The summed E-state index contributed by atoms with van der Waals surface area (Å²) < 4.78 is 15.0. The maximum atomic E-state index is 13.3. The van der Waals surface area contributed by atoms with Gasteiger partial charge >= 0.3 is 0 Å². The van der Waals surface area contributed by atoms with Crippen LogP contribution in [0.4, 0.5) is 10.2 Å². The van der Waals surface area contributed by atoms with Crippen LogP contribution < -0.4 is 5.32 Å². The van der Waals surface area contributed by atoms with Crippen LogP contribution in [0.5, 0.6) is 0 Å². The summed E-state index contributed by atoms with van der Waals surface area (Å²) in [5, 5.41) is 19.9. The molecule has 0 radical (unpaired) electrons. The molecule has 3 rings (SSSR count). The van der Waals surface area contributed by atoms with Gasteiger partial charge in [0.1, 0.15) is 12.1 Å². The summed E-state index contributed by atoms with van der Waals surface area (Å²) in [7, 11) is 0. The molecule has 0 fully saturated rings. The van der Waals surface area contributed by atoms with Gasteiger partial charge in [-0.1, -0.05) is 0 Å². The predicted molar refractivity (Wildman–Crippen MR) is 68.4 cm³/mol. The van der Waals surface area contributed by atoms with Gasteiger partial charge in [-0.05, 0) is 19.1 Å². The van der Waals surface area contributed by atoms with E-state index in [0.29, 0.717) is 22.5 Å². The molecular weight excluding hydrogens is 249 g/mol. The SMILES string of the molecule is CC(CO)Nc1nc2ccc(F)cc2n2cnnc12. The minimum absolute atomic E-state index is 0.0244. The van der Waals surface area contributed by atoms with Crippen LogP contribution in [0.25, 0.3) is 16.7 Å². The number of halogens is 1. The zero-order valence-corrected chi connectivity index (χ0v) is 10.2. The summed E-state index contributed by atoms with van der Waals surface area (Å²) >= 11 is 0. The van der Waals surface area contributed by atoms with Crippen molar-refractivity contribution in [2.24, 2.45) is 0 Å². The third-order valence-corrected chi connectivity index (χ3v) is 2.85. The van der Waals surface area contributed by atoms with Crippen molar-refractivity contribution in [2.75, 3.05) is 11.9 Å². The lowest BCUT2D eigenvalue weighted by molar-refractivity contribution is 0.281. The third-order valence-electron chi connectivity index (χ3n) is 2.85. The second-order valence-electron chi connectivity index (χ2n) is 4.35.